The van der Waals surface area contributed by atoms with E-state index in [4.69, 9.17) is 0 Å². The van der Waals surface area contributed by atoms with Gasteiger partial charge in [-0.15, -0.1) is 0 Å². The van der Waals surface area contributed by atoms with Gasteiger partial charge >= 0.3 is 0 Å². The first kappa shape index (κ1) is 10.5. The van der Waals surface area contributed by atoms with Crippen molar-refractivity contribution in [1.29, 1.82) is 0 Å². The number of hydrogen-bond donors (Lipinski definition) is 2. The zero-order chi connectivity index (χ0) is 10.7. The minimum absolute atomic E-state index is 0.0889. The molecule has 0 aromatic carbocycles. The Morgan fingerprint density at radius 3 is 2.87 bits per heavy atom. The predicted octanol–water partition coefficient (Wildman–Crippen LogP) is 1.62. The van der Waals surface area contributed by atoms with Gasteiger partial charge in [0.15, 0.2) is 0 Å². The highest BCUT2D eigenvalue weighted by Gasteiger charge is 2.19. The predicted molar refractivity (Wildman–Crippen MR) is 59.8 cm³/mol. The zero-order valence-corrected chi connectivity index (χ0v) is 9.19. The van der Waals surface area contributed by atoms with Gasteiger partial charge in [0.25, 0.3) is 0 Å². The first-order valence-corrected chi connectivity index (χ1v) is 5.75. The highest BCUT2D eigenvalue weighted by molar-refractivity contribution is 5.27. The highest BCUT2D eigenvalue weighted by atomic mass is 16.3. The van der Waals surface area contributed by atoms with E-state index in [1.807, 2.05) is 12.4 Å². The first-order chi connectivity index (χ1) is 7.29. The molecule has 4 nitrogen and oxygen atoms in total. The third-order valence-electron chi connectivity index (χ3n) is 3.09. The monoisotopic (exact) mass is 209 g/mol. The highest BCUT2D eigenvalue weighted by Crippen LogP contribution is 2.21. The summed E-state index contributed by atoms with van der Waals surface area (Å²) in [5.74, 6) is 0.957. The van der Waals surface area contributed by atoms with Crippen molar-refractivity contribution >= 4 is 5.95 Å². The Hall–Kier alpha value is -1.03. The van der Waals surface area contributed by atoms with Crippen molar-refractivity contribution in [3.8, 4) is 0 Å². The maximum absolute atomic E-state index is 9.41. The van der Waals surface area contributed by atoms with E-state index in [2.05, 4.69) is 21.8 Å². The van der Waals surface area contributed by atoms with Crippen LogP contribution in [0.4, 0.5) is 5.95 Å². The molecule has 1 aliphatic carbocycles. The van der Waals surface area contributed by atoms with E-state index in [0.29, 0.717) is 6.04 Å². The van der Waals surface area contributed by atoms with Crippen molar-refractivity contribution in [1.82, 2.24) is 9.55 Å². The van der Waals surface area contributed by atoms with E-state index < -0.39 is 0 Å². The Balaban J connectivity index is 1.91. The quantitative estimate of drug-likeness (QED) is 0.795. The normalized spacial score (nSPS) is 26.5. The summed E-state index contributed by atoms with van der Waals surface area (Å²) in [6.45, 7) is 3.05. The fraction of sp³-hybridized carbons (Fsp3) is 0.727. The summed E-state index contributed by atoms with van der Waals surface area (Å²) in [7, 11) is 0. The molecule has 0 amide bonds. The molecule has 1 saturated carbocycles. The fourth-order valence-electron chi connectivity index (χ4n) is 2.11. The molecule has 2 N–H and O–H groups in total. The lowest BCUT2D eigenvalue weighted by Gasteiger charge is -2.26. The van der Waals surface area contributed by atoms with Crippen molar-refractivity contribution < 1.29 is 5.11 Å². The molecule has 0 aliphatic heterocycles. The SMILES string of the molecule is CCn1ccnc1NC1CCC(O)CC1. The molecule has 0 saturated heterocycles. The summed E-state index contributed by atoms with van der Waals surface area (Å²) in [6, 6.07) is 0.473. The van der Waals surface area contributed by atoms with Crippen LogP contribution in [0.15, 0.2) is 12.4 Å². The average molecular weight is 209 g/mol. The minimum Gasteiger partial charge on any atom is -0.393 e. The van der Waals surface area contributed by atoms with E-state index in [1.54, 1.807) is 0 Å². The zero-order valence-electron chi connectivity index (χ0n) is 9.19. The van der Waals surface area contributed by atoms with Crippen molar-refractivity contribution in [2.75, 3.05) is 5.32 Å². The number of anilines is 1. The molecule has 1 aromatic rings. The molecule has 4 heteroatoms. The Morgan fingerprint density at radius 2 is 2.20 bits per heavy atom. The second-order valence-corrected chi connectivity index (χ2v) is 4.19. The molecule has 1 aliphatic rings. The topological polar surface area (TPSA) is 50.1 Å². The first-order valence-electron chi connectivity index (χ1n) is 5.75. The summed E-state index contributed by atoms with van der Waals surface area (Å²) in [4.78, 5) is 4.29. The standard InChI is InChI=1S/C11H19N3O/c1-2-14-8-7-12-11(14)13-9-3-5-10(15)6-4-9/h7-10,15H,2-6H2,1H3,(H,12,13). The van der Waals surface area contributed by atoms with Crippen molar-refractivity contribution in [3.05, 3.63) is 12.4 Å². The Morgan fingerprint density at radius 1 is 1.47 bits per heavy atom. The minimum atomic E-state index is -0.0889. The molecule has 0 bridgehead atoms. The van der Waals surface area contributed by atoms with Crippen LogP contribution in [0.1, 0.15) is 32.6 Å². The van der Waals surface area contributed by atoms with Crippen LogP contribution in [-0.4, -0.2) is 26.8 Å². The van der Waals surface area contributed by atoms with E-state index in [9.17, 15) is 5.11 Å². The summed E-state index contributed by atoms with van der Waals surface area (Å²) in [6.07, 6.45) is 7.61. The van der Waals surface area contributed by atoms with Crippen LogP contribution in [-0.2, 0) is 6.54 Å². The number of aliphatic hydroxyl groups is 1. The maximum Gasteiger partial charge on any atom is 0.202 e. The summed E-state index contributed by atoms with van der Waals surface area (Å²) < 4.78 is 2.10. The number of nitrogens with one attached hydrogen (secondary N) is 1. The number of aliphatic hydroxyl groups excluding tert-OH is 1. The third-order valence-corrected chi connectivity index (χ3v) is 3.09. The van der Waals surface area contributed by atoms with E-state index >= 15 is 0 Å². The summed E-state index contributed by atoms with van der Waals surface area (Å²) in [5, 5.41) is 12.8. The third kappa shape index (κ3) is 2.50. The van der Waals surface area contributed by atoms with Crippen LogP contribution in [0, 0.1) is 0 Å². The van der Waals surface area contributed by atoms with Gasteiger partial charge in [0, 0.05) is 25.0 Å². The van der Waals surface area contributed by atoms with Crippen molar-refractivity contribution in [2.45, 2.75) is 51.3 Å². The smallest absolute Gasteiger partial charge is 0.202 e. The van der Waals surface area contributed by atoms with Crippen LogP contribution in [0.3, 0.4) is 0 Å². The van der Waals surface area contributed by atoms with E-state index in [-0.39, 0.29) is 6.10 Å². The maximum atomic E-state index is 9.41. The number of nitrogens with zero attached hydrogens (tertiary/aromatic N) is 2. The molecule has 1 aromatic heterocycles. The second kappa shape index (κ2) is 4.66. The molecule has 0 radical (unpaired) electrons. The van der Waals surface area contributed by atoms with Crippen LogP contribution in [0.2, 0.25) is 0 Å². The number of hydrogen-bond acceptors (Lipinski definition) is 3. The van der Waals surface area contributed by atoms with Gasteiger partial charge in [-0.05, 0) is 32.6 Å². The lowest BCUT2D eigenvalue weighted by Crippen LogP contribution is -2.29. The largest absolute Gasteiger partial charge is 0.393 e. The number of aromatic nitrogens is 2. The lowest BCUT2D eigenvalue weighted by atomic mass is 9.93. The molecule has 0 spiro atoms. The fourth-order valence-corrected chi connectivity index (χ4v) is 2.11. The molecule has 2 rings (SSSR count). The summed E-state index contributed by atoms with van der Waals surface area (Å²) in [5.41, 5.74) is 0. The van der Waals surface area contributed by atoms with Gasteiger partial charge in [0.05, 0.1) is 6.10 Å². The van der Waals surface area contributed by atoms with Crippen LogP contribution >= 0.6 is 0 Å². The number of rotatable bonds is 3. The Labute approximate surface area is 90.3 Å². The molecule has 1 fully saturated rings. The molecule has 15 heavy (non-hydrogen) atoms. The number of imidazole rings is 1. The van der Waals surface area contributed by atoms with Crippen molar-refractivity contribution in [3.63, 3.8) is 0 Å². The van der Waals surface area contributed by atoms with Gasteiger partial charge < -0.3 is 15.0 Å². The molecule has 1 heterocycles. The number of aryl methyl sites for hydroxylation is 1. The molecular formula is C11H19N3O. The van der Waals surface area contributed by atoms with E-state index in [0.717, 1.165) is 38.2 Å². The molecule has 0 atom stereocenters. The van der Waals surface area contributed by atoms with Crippen LogP contribution in [0.5, 0.6) is 0 Å². The lowest BCUT2D eigenvalue weighted by molar-refractivity contribution is 0.126. The summed E-state index contributed by atoms with van der Waals surface area (Å²) >= 11 is 0. The molecular weight excluding hydrogens is 190 g/mol. The van der Waals surface area contributed by atoms with Gasteiger partial charge in [-0.1, -0.05) is 0 Å². The van der Waals surface area contributed by atoms with Gasteiger partial charge in [-0.3, -0.25) is 0 Å². The van der Waals surface area contributed by atoms with Gasteiger partial charge in [-0.2, -0.15) is 0 Å². The Kier molecular flexibility index (Phi) is 3.26. The second-order valence-electron chi connectivity index (χ2n) is 4.19. The average Bonchev–Trinajstić information content (AvgIpc) is 2.69. The van der Waals surface area contributed by atoms with Crippen LogP contribution in [0.25, 0.3) is 0 Å². The van der Waals surface area contributed by atoms with Gasteiger partial charge in [-0.25, -0.2) is 4.98 Å². The van der Waals surface area contributed by atoms with Crippen molar-refractivity contribution in [2.24, 2.45) is 0 Å². The molecule has 0 unspecified atom stereocenters. The van der Waals surface area contributed by atoms with Crippen LogP contribution < -0.4 is 5.32 Å². The van der Waals surface area contributed by atoms with Gasteiger partial charge in [0.1, 0.15) is 0 Å². The Bertz CT molecular complexity index is 303. The molecule has 84 valence electrons. The van der Waals surface area contributed by atoms with Gasteiger partial charge in [0.2, 0.25) is 5.95 Å². The van der Waals surface area contributed by atoms with E-state index in [1.165, 1.54) is 0 Å².